The summed E-state index contributed by atoms with van der Waals surface area (Å²) in [6, 6.07) is 2.03. The zero-order valence-electron chi connectivity index (χ0n) is 6.80. The third kappa shape index (κ3) is 2.45. The molecule has 0 aliphatic carbocycles. The lowest BCUT2D eigenvalue weighted by Gasteiger charge is -2.00. The maximum atomic E-state index is 12.7. The molecule has 2 N–H and O–H groups in total. The summed E-state index contributed by atoms with van der Waals surface area (Å²) >= 11 is 3.94. The van der Waals surface area contributed by atoms with E-state index in [-0.39, 0.29) is 5.69 Å². The molecule has 0 aliphatic heterocycles. The highest BCUT2D eigenvalue weighted by atomic mass is 32.1. The van der Waals surface area contributed by atoms with E-state index in [0.717, 1.165) is 12.1 Å². The molecule has 0 saturated carbocycles. The van der Waals surface area contributed by atoms with Crippen molar-refractivity contribution in [1.29, 1.82) is 0 Å². The van der Waals surface area contributed by atoms with Gasteiger partial charge in [-0.2, -0.15) is 12.6 Å². The molecule has 1 rings (SSSR count). The van der Waals surface area contributed by atoms with Gasteiger partial charge in [0.05, 0.1) is 0 Å². The molecular formula is C9H9F2NS. The summed E-state index contributed by atoms with van der Waals surface area (Å²) in [7, 11) is 0. The van der Waals surface area contributed by atoms with Crippen molar-refractivity contribution in [2.45, 2.75) is 0 Å². The number of nitrogens with two attached hydrogens (primary N) is 1. The standard InChI is InChI=1S/C9H9F2NS/c10-7-4-6(2-1-3-13)9(12)5-8(7)11/h1-2,4-5,13H,3,12H2. The Morgan fingerprint density at radius 2 is 1.92 bits per heavy atom. The van der Waals surface area contributed by atoms with Gasteiger partial charge in [0.2, 0.25) is 0 Å². The Labute approximate surface area is 80.7 Å². The molecule has 0 amide bonds. The van der Waals surface area contributed by atoms with E-state index >= 15 is 0 Å². The van der Waals surface area contributed by atoms with Crippen LogP contribution in [0.1, 0.15) is 5.56 Å². The maximum absolute atomic E-state index is 12.7. The molecule has 0 atom stereocenters. The van der Waals surface area contributed by atoms with Gasteiger partial charge in [-0.15, -0.1) is 0 Å². The number of benzene rings is 1. The predicted molar refractivity (Wildman–Crippen MR) is 53.7 cm³/mol. The van der Waals surface area contributed by atoms with Gasteiger partial charge in [0.25, 0.3) is 0 Å². The quantitative estimate of drug-likeness (QED) is 0.558. The smallest absolute Gasteiger partial charge is 0.160 e. The Hall–Kier alpha value is -1.03. The Kier molecular flexibility index (Phi) is 3.31. The largest absolute Gasteiger partial charge is 0.398 e. The molecule has 0 aliphatic rings. The summed E-state index contributed by atoms with van der Waals surface area (Å²) in [4.78, 5) is 0. The van der Waals surface area contributed by atoms with Gasteiger partial charge in [-0.3, -0.25) is 0 Å². The molecule has 0 fully saturated rings. The average molecular weight is 201 g/mol. The van der Waals surface area contributed by atoms with Crippen LogP contribution in [-0.2, 0) is 0 Å². The van der Waals surface area contributed by atoms with Gasteiger partial charge in [-0.05, 0) is 6.07 Å². The molecule has 0 spiro atoms. The van der Waals surface area contributed by atoms with Crippen LogP contribution in [0.3, 0.4) is 0 Å². The predicted octanol–water partition coefficient (Wildman–Crippen LogP) is 2.49. The summed E-state index contributed by atoms with van der Waals surface area (Å²) in [5, 5.41) is 0. The Bertz CT molecular complexity index is 337. The fourth-order valence-corrected chi connectivity index (χ4v) is 1.01. The van der Waals surface area contributed by atoms with E-state index in [1.807, 2.05) is 0 Å². The number of rotatable bonds is 2. The van der Waals surface area contributed by atoms with Crippen LogP contribution in [0.25, 0.3) is 6.08 Å². The molecule has 0 saturated heterocycles. The van der Waals surface area contributed by atoms with Crippen molar-refractivity contribution in [2.24, 2.45) is 0 Å². The molecule has 4 heteroatoms. The van der Waals surface area contributed by atoms with Gasteiger partial charge in [0, 0.05) is 23.1 Å². The second-order valence-electron chi connectivity index (χ2n) is 2.48. The number of hydrogen-bond donors (Lipinski definition) is 2. The van der Waals surface area contributed by atoms with Crippen molar-refractivity contribution in [3.8, 4) is 0 Å². The van der Waals surface area contributed by atoms with Gasteiger partial charge in [0.15, 0.2) is 11.6 Å². The van der Waals surface area contributed by atoms with Crippen LogP contribution in [-0.4, -0.2) is 5.75 Å². The van der Waals surface area contributed by atoms with Crippen LogP contribution >= 0.6 is 12.6 Å². The molecule has 0 bridgehead atoms. The number of nitrogen functional groups attached to an aromatic ring is 1. The first kappa shape index (κ1) is 10.1. The van der Waals surface area contributed by atoms with Gasteiger partial charge < -0.3 is 5.73 Å². The van der Waals surface area contributed by atoms with Crippen LogP contribution in [0, 0.1) is 11.6 Å². The van der Waals surface area contributed by atoms with E-state index in [9.17, 15) is 8.78 Å². The van der Waals surface area contributed by atoms with Crippen molar-refractivity contribution in [3.05, 3.63) is 35.4 Å². The second-order valence-corrected chi connectivity index (χ2v) is 2.85. The van der Waals surface area contributed by atoms with Crippen LogP contribution < -0.4 is 5.73 Å². The maximum Gasteiger partial charge on any atom is 0.160 e. The number of anilines is 1. The first-order valence-electron chi connectivity index (χ1n) is 3.67. The first-order valence-corrected chi connectivity index (χ1v) is 4.30. The van der Waals surface area contributed by atoms with E-state index < -0.39 is 11.6 Å². The van der Waals surface area contributed by atoms with Crippen LogP contribution in [0.2, 0.25) is 0 Å². The number of thiol groups is 1. The molecule has 0 radical (unpaired) electrons. The second kappa shape index (κ2) is 4.28. The molecule has 1 aromatic carbocycles. The van der Waals surface area contributed by atoms with E-state index in [2.05, 4.69) is 12.6 Å². The van der Waals surface area contributed by atoms with Crippen LogP contribution in [0.4, 0.5) is 14.5 Å². The van der Waals surface area contributed by atoms with Crippen molar-refractivity contribution in [1.82, 2.24) is 0 Å². The minimum atomic E-state index is -0.930. The Morgan fingerprint density at radius 3 is 2.54 bits per heavy atom. The highest BCUT2D eigenvalue weighted by Gasteiger charge is 2.04. The first-order chi connectivity index (χ1) is 6.15. The summed E-state index contributed by atoms with van der Waals surface area (Å²) in [6.07, 6.45) is 3.30. The molecular weight excluding hydrogens is 192 g/mol. The van der Waals surface area contributed by atoms with E-state index in [1.54, 1.807) is 12.2 Å². The van der Waals surface area contributed by atoms with E-state index in [4.69, 9.17) is 5.73 Å². The van der Waals surface area contributed by atoms with Crippen molar-refractivity contribution in [3.63, 3.8) is 0 Å². The van der Waals surface area contributed by atoms with Crippen LogP contribution in [0.15, 0.2) is 18.2 Å². The van der Waals surface area contributed by atoms with Crippen LogP contribution in [0.5, 0.6) is 0 Å². The third-order valence-electron chi connectivity index (χ3n) is 1.53. The molecule has 70 valence electrons. The highest BCUT2D eigenvalue weighted by Crippen LogP contribution is 2.18. The Morgan fingerprint density at radius 1 is 1.31 bits per heavy atom. The fourth-order valence-electron chi connectivity index (χ4n) is 0.902. The summed E-state index contributed by atoms with van der Waals surface area (Å²) in [5.41, 5.74) is 6.13. The lowest BCUT2D eigenvalue weighted by atomic mass is 10.1. The number of halogens is 2. The monoisotopic (exact) mass is 201 g/mol. The molecule has 0 unspecified atom stereocenters. The van der Waals surface area contributed by atoms with Crippen molar-refractivity contribution >= 4 is 24.4 Å². The van der Waals surface area contributed by atoms with Crippen molar-refractivity contribution < 1.29 is 8.78 Å². The molecule has 13 heavy (non-hydrogen) atoms. The highest BCUT2D eigenvalue weighted by molar-refractivity contribution is 7.80. The molecule has 1 aromatic rings. The molecule has 0 heterocycles. The minimum Gasteiger partial charge on any atom is -0.398 e. The summed E-state index contributed by atoms with van der Waals surface area (Å²) in [6.45, 7) is 0. The lowest BCUT2D eigenvalue weighted by molar-refractivity contribution is 0.509. The number of hydrogen-bond acceptors (Lipinski definition) is 2. The van der Waals surface area contributed by atoms with E-state index in [1.165, 1.54) is 0 Å². The SMILES string of the molecule is Nc1cc(F)c(F)cc1C=CCS. The van der Waals surface area contributed by atoms with Gasteiger partial charge in [0.1, 0.15) is 0 Å². The summed E-state index contributed by atoms with van der Waals surface area (Å²) in [5.74, 6) is -1.30. The topological polar surface area (TPSA) is 26.0 Å². The minimum absolute atomic E-state index is 0.219. The van der Waals surface area contributed by atoms with Gasteiger partial charge in [-0.1, -0.05) is 12.2 Å². The molecule has 1 nitrogen and oxygen atoms in total. The molecule has 0 aromatic heterocycles. The van der Waals surface area contributed by atoms with Gasteiger partial charge in [-0.25, -0.2) is 8.78 Å². The zero-order chi connectivity index (χ0) is 9.84. The van der Waals surface area contributed by atoms with E-state index in [0.29, 0.717) is 11.3 Å². The Balaban J connectivity index is 3.08. The summed E-state index contributed by atoms with van der Waals surface area (Å²) < 4.78 is 25.3. The third-order valence-corrected chi connectivity index (χ3v) is 1.74. The zero-order valence-corrected chi connectivity index (χ0v) is 7.69. The van der Waals surface area contributed by atoms with Gasteiger partial charge >= 0.3 is 0 Å². The lowest BCUT2D eigenvalue weighted by Crippen LogP contribution is -1.93. The van der Waals surface area contributed by atoms with Crippen molar-refractivity contribution in [2.75, 3.05) is 11.5 Å². The average Bonchev–Trinajstić information content (AvgIpc) is 2.09. The normalized spacial score (nSPS) is 11.0. The fraction of sp³-hybridized carbons (Fsp3) is 0.111.